The number of hydrogen-bond acceptors (Lipinski definition) is 9. The molecule has 0 unspecified atom stereocenters. The lowest BCUT2D eigenvalue weighted by molar-refractivity contribution is -0.125. The predicted molar refractivity (Wildman–Crippen MR) is 147 cm³/mol. The molecule has 4 rings (SSSR count). The van der Waals surface area contributed by atoms with Gasteiger partial charge in [-0.1, -0.05) is 23.7 Å². The van der Waals surface area contributed by atoms with E-state index in [2.05, 4.69) is 31.2 Å². The van der Waals surface area contributed by atoms with Gasteiger partial charge in [0.15, 0.2) is 15.7 Å². The van der Waals surface area contributed by atoms with Crippen LogP contribution in [0.4, 0.5) is 28.8 Å². The van der Waals surface area contributed by atoms with E-state index in [1.165, 1.54) is 12.3 Å². The first-order valence-corrected chi connectivity index (χ1v) is 13.8. The number of nitrogens with one attached hydrogen (secondary N) is 4. The quantitative estimate of drug-likeness (QED) is 0.311. The number of rotatable bonds is 9. The van der Waals surface area contributed by atoms with Crippen molar-refractivity contribution in [2.45, 2.75) is 24.0 Å². The van der Waals surface area contributed by atoms with Crippen molar-refractivity contribution in [1.29, 1.82) is 0 Å². The Morgan fingerprint density at radius 3 is 2.53 bits per heavy atom. The van der Waals surface area contributed by atoms with Crippen molar-refractivity contribution in [3.63, 3.8) is 0 Å². The van der Waals surface area contributed by atoms with Gasteiger partial charge in [0, 0.05) is 24.5 Å². The van der Waals surface area contributed by atoms with Crippen LogP contribution in [0.2, 0.25) is 5.02 Å². The van der Waals surface area contributed by atoms with Gasteiger partial charge in [-0.05, 0) is 50.2 Å². The number of anilines is 5. The second kappa shape index (κ2) is 11.8. The molecule has 0 spiro atoms. The first-order chi connectivity index (χ1) is 18.1. The van der Waals surface area contributed by atoms with Gasteiger partial charge in [0.25, 0.3) is 0 Å². The van der Waals surface area contributed by atoms with Crippen LogP contribution in [-0.4, -0.2) is 66.5 Å². The highest BCUT2D eigenvalue weighted by molar-refractivity contribution is 7.92. The molecule has 1 aromatic heterocycles. The number of sulfone groups is 1. The molecule has 0 atom stereocenters. The van der Waals surface area contributed by atoms with Gasteiger partial charge in [0.1, 0.15) is 5.02 Å². The molecule has 4 N–H and O–H groups in total. The second-order valence-corrected chi connectivity index (χ2v) is 11.8. The minimum absolute atomic E-state index is 0.0907. The van der Waals surface area contributed by atoms with Gasteiger partial charge in [-0.3, -0.25) is 14.5 Å². The third-order valence-electron chi connectivity index (χ3n) is 5.72. The zero-order chi connectivity index (χ0) is 27.3. The maximum atomic E-state index is 12.8. The van der Waals surface area contributed by atoms with E-state index in [-0.39, 0.29) is 46.6 Å². The average Bonchev–Trinajstić information content (AvgIpc) is 2.87. The van der Waals surface area contributed by atoms with Crippen LogP contribution >= 0.6 is 11.6 Å². The Bertz CT molecular complexity index is 1430. The predicted octanol–water partition coefficient (Wildman–Crippen LogP) is 3.17. The zero-order valence-electron chi connectivity index (χ0n) is 20.9. The molecule has 2 heterocycles. The maximum absolute atomic E-state index is 12.8. The van der Waals surface area contributed by atoms with E-state index >= 15 is 0 Å². The minimum atomic E-state index is -3.54. The van der Waals surface area contributed by atoms with Crippen LogP contribution in [-0.2, 0) is 19.4 Å². The zero-order valence-corrected chi connectivity index (χ0v) is 22.4. The fourth-order valence-electron chi connectivity index (χ4n) is 3.71. The molecule has 2 amide bonds. The smallest absolute Gasteiger partial charge is 0.238 e. The summed E-state index contributed by atoms with van der Waals surface area (Å²) in [5.74, 6) is 0.177. The first-order valence-electron chi connectivity index (χ1n) is 11.9. The summed E-state index contributed by atoms with van der Waals surface area (Å²) in [5.41, 5.74) is 1.62. The normalized spacial score (nSPS) is 14.2. The number of hydrogen-bond donors (Lipinski definition) is 4. The Morgan fingerprint density at radius 1 is 1.11 bits per heavy atom. The van der Waals surface area contributed by atoms with E-state index in [0.29, 0.717) is 30.2 Å². The monoisotopic (exact) mass is 557 g/mol. The average molecular weight is 558 g/mol. The maximum Gasteiger partial charge on any atom is 0.238 e. The molecule has 11 nitrogen and oxygen atoms in total. The largest absolute Gasteiger partial charge is 0.354 e. The summed E-state index contributed by atoms with van der Waals surface area (Å²) in [6.07, 6.45) is 1.41. The lowest BCUT2D eigenvalue weighted by Crippen LogP contribution is -2.49. The summed E-state index contributed by atoms with van der Waals surface area (Å²) in [6, 6.07) is 13.5. The van der Waals surface area contributed by atoms with Gasteiger partial charge < -0.3 is 21.3 Å². The van der Waals surface area contributed by atoms with E-state index < -0.39 is 15.1 Å². The molecule has 1 aliphatic heterocycles. The molecule has 38 heavy (non-hydrogen) atoms. The summed E-state index contributed by atoms with van der Waals surface area (Å²) in [7, 11) is -3.54. The van der Waals surface area contributed by atoms with Crippen molar-refractivity contribution in [1.82, 2.24) is 20.2 Å². The van der Waals surface area contributed by atoms with Crippen LogP contribution in [0.3, 0.4) is 0 Å². The molecule has 1 aliphatic rings. The van der Waals surface area contributed by atoms with Crippen LogP contribution in [0.25, 0.3) is 0 Å². The van der Waals surface area contributed by atoms with Crippen LogP contribution in [0.1, 0.15) is 13.8 Å². The van der Waals surface area contributed by atoms with Gasteiger partial charge >= 0.3 is 0 Å². The Kier molecular flexibility index (Phi) is 8.45. The molecule has 1 saturated heterocycles. The molecule has 0 saturated carbocycles. The van der Waals surface area contributed by atoms with Crippen LogP contribution in [0.15, 0.2) is 59.6 Å². The first kappa shape index (κ1) is 27.3. The van der Waals surface area contributed by atoms with E-state index in [9.17, 15) is 18.0 Å². The summed E-state index contributed by atoms with van der Waals surface area (Å²) < 4.78 is 25.6. The van der Waals surface area contributed by atoms with Gasteiger partial charge in [-0.25, -0.2) is 13.4 Å². The fourth-order valence-corrected chi connectivity index (χ4v) is 5.05. The number of nitrogens with zero attached hydrogens (tertiary/aromatic N) is 3. The number of halogens is 1. The lowest BCUT2D eigenvalue weighted by Gasteiger charge is -2.25. The summed E-state index contributed by atoms with van der Waals surface area (Å²) >= 11 is 6.29. The lowest BCUT2D eigenvalue weighted by atomic mass is 10.2. The number of piperazine rings is 1. The van der Waals surface area contributed by atoms with Crippen LogP contribution < -0.4 is 21.3 Å². The van der Waals surface area contributed by atoms with Gasteiger partial charge in [-0.2, -0.15) is 4.98 Å². The van der Waals surface area contributed by atoms with Gasteiger partial charge in [0.05, 0.1) is 35.1 Å². The number of carbonyl (C=O) groups excluding carboxylic acids is 2. The third kappa shape index (κ3) is 6.77. The van der Waals surface area contributed by atoms with Crippen molar-refractivity contribution in [2.24, 2.45) is 0 Å². The molecule has 200 valence electrons. The van der Waals surface area contributed by atoms with Gasteiger partial charge in [-0.15, -0.1) is 0 Å². The summed E-state index contributed by atoms with van der Waals surface area (Å²) in [6.45, 7) is 4.73. The number of carbonyl (C=O) groups is 2. The van der Waals surface area contributed by atoms with Crippen molar-refractivity contribution >= 4 is 62.1 Å². The Balaban J connectivity index is 1.42. The number of benzene rings is 2. The topological polar surface area (TPSA) is 145 Å². The second-order valence-electron chi connectivity index (χ2n) is 8.92. The van der Waals surface area contributed by atoms with E-state index in [1.54, 1.807) is 61.2 Å². The molecular formula is C25H28ClN7O4S. The Morgan fingerprint density at radius 2 is 1.82 bits per heavy atom. The Hall–Kier alpha value is -3.74. The van der Waals surface area contributed by atoms with E-state index in [4.69, 9.17) is 11.6 Å². The Labute approximate surface area is 225 Å². The van der Waals surface area contributed by atoms with Crippen LogP contribution in [0, 0.1) is 0 Å². The molecule has 3 aromatic rings. The molecular weight excluding hydrogens is 530 g/mol. The fraction of sp³-hybridized carbons (Fsp3) is 0.280. The number of aromatic nitrogens is 2. The molecule has 0 radical (unpaired) electrons. The summed E-state index contributed by atoms with van der Waals surface area (Å²) in [5, 5.41) is 11.3. The van der Waals surface area contributed by atoms with Crippen molar-refractivity contribution in [3.8, 4) is 0 Å². The number of para-hydroxylation sites is 1. The minimum Gasteiger partial charge on any atom is -0.354 e. The highest BCUT2D eigenvalue weighted by Gasteiger charge is 2.23. The van der Waals surface area contributed by atoms with E-state index in [0.717, 1.165) is 0 Å². The molecule has 0 bridgehead atoms. The number of amides is 2. The van der Waals surface area contributed by atoms with Gasteiger partial charge in [0.2, 0.25) is 17.8 Å². The molecule has 13 heteroatoms. The van der Waals surface area contributed by atoms with E-state index in [1.807, 2.05) is 0 Å². The van der Waals surface area contributed by atoms with Crippen LogP contribution in [0.5, 0.6) is 0 Å². The molecule has 0 aliphatic carbocycles. The molecule has 2 aromatic carbocycles. The summed E-state index contributed by atoms with van der Waals surface area (Å²) in [4.78, 5) is 34.3. The third-order valence-corrected chi connectivity index (χ3v) is 8.21. The van der Waals surface area contributed by atoms with Crippen molar-refractivity contribution < 1.29 is 18.0 Å². The standard InChI is InChI=1S/C25H28ClN7O4S/c1-16(2)38(36,37)21-6-4-3-5-20(21)31-24-19(26)13-28-25(32-24)30-18-9-7-17(8-10-18)29-23(35)15-33-12-11-27-22(34)14-33/h3-10,13,16H,11-12,14-15H2,1-2H3,(H,27,34)(H,29,35)(H2,28,30,31,32). The SMILES string of the molecule is CC(C)S(=O)(=O)c1ccccc1Nc1nc(Nc2ccc(NC(=O)CN3CCNC(=O)C3)cc2)ncc1Cl. The van der Waals surface area contributed by atoms with Crippen molar-refractivity contribution in [2.75, 3.05) is 42.1 Å². The highest BCUT2D eigenvalue weighted by atomic mass is 35.5. The van der Waals surface area contributed by atoms with Crippen molar-refractivity contribution in [3.05, 3.63) is 59.8 Å². The highest BCUT2D eigenvalue weighted by Crippen LogP contribution is 2.30. The molecule has 1 fully saturated rings.